The number of phenolic OH excluding ortho intramolecular Hbond substituents is 2. The monoisotopic (exact) mass is 562 g/mol. The Labute approximate surface area is 246 Å². The zero-order chi connectivity index (χ0) is 29.9. The summed E-state index contributed by atoms with van der Waals surface area (Å²) in [7, 11) is -2.66. The third kappa shape index (κ3) is 5.67. The quantitative estimate of drug-likeness (QED) is 0.222. The van der Waals surface area contributed by atoms with Gasteiger partial charge >= 0.3 is 201 Å². The molecule has 0 bridgehead atoms. The molecular formula is C38H43O2P. The fourth-order valence-electron chi connectivity index (χ4n) is 6.87. The number of hydrogen-bond acceptors (Lipinski definition) is 2. The Bertz CT molecular complexity index is 1390. The van der Waals surface area contributed by atoms with Gasteiger partial charge in [0, 0.05) is 6.07 Å². The van der Waals surface area contributed by atoms with E-state index in [-0.39, 0.29) is 11.5 Å². The Morgan fingerprint density at radius 3 is 0.707 bits per heavy atom. The number of hydrogen-bond donors (Lipinski definition) is 2. The Hall–Kier alpha value is -3.87. The molecule has 0 aliphatic rings. The molecule has 0 aliphatic carbocycles. The Morgan fingerprint density at radius 1 is 0.341 bits per heavy atom. The van der Waals surface area contributed by atoms with E-state index in [0.29, 0.717) is 0 Å². The first kappa shape index (κ1) is 30.1. The van der Waals surface area contributed by atoms with Crippen molar-refractivity contribution in [2.75, 3.05) is 0 Å². The summed E-state index contributed by atoms with van der Waals surface area (Å²) in [5.74, 6) is 0.176. The first-order valence-electron chi connectivity index (χ1n) is 14.2. The average molecular weight is 563 g/mol. The van der Waals surface area contributed by atoms with Crippen molar-refractivity contribution in [1.82, 2.24) is 0 Å². The average Bonchev–Trinajstić information content (AvgIpc) is 2.88. The molecule has 0 amide bonds. The smallest absolute Gasteiger partial charge is 0.119 e. The Balaban J connectivity index is 0.000000417. The van der Waals surface area contributed by atoms with E-state index in [1.807, 2.05) is 0 Å². The van der Waals surface area contributed by atoms with Gasteiger partial charge in [-0.15, -0.1) is 0 Å². The van der Waals surface area contributed by atoms with Crippen LogP contribution in [0.3, 0.4) is 0 Å². The predicted octanol–water partition coefficient (Wildman–Crippen LogP) is 7.60. The van der Waals surface area contributed by atoms with E-state index in [0.717, 1.165) is 0 Å². The van der Waals surface area contributed by atoms with Gasteiger partial charge in [-0.1, -0.05) is 6.07 Å². The molecule has 0 aliphatic heterocycles. The number of rotatable bonds is 4. The molecule has 5 aromatic rings. The van der Waals surface area contributed by atoms with Crippen molar-refractivity contribution in [2.24, 2.45) is 0 Å². The molecule has 0 saturated carbocycles. The molecule has 0 aromatic heterocycles. The number of aromatic hydroxyl groups is 2. The van der Waals surface area contributed by atoms with Gasteiger partial charge in [0.05, 0.1) is 0 Å². The second kappa shape index (κ2) is 12.3. The van der Waals surface area contributed by atoms with Crippen LogP contribution in [0.25, 0.3) is 0 Å². The zero-order valence-corrected chi connectivity index (χ0v) is 26.6. The van der Waals surface area contributed by atoms with Gasteiger partial charge in [-0.25, -0.2) is 0 Å². The van der Waals surface area contributed by atoms with Crippen LogP contribution in [0.1, 0.15) is 44.5 Å². The van der Waals surface area contributed by atoms with E-state index >= 15 is 0 Å². The summed E-state index contributed by atoms with van der Waals surface area (Å²) >= 11 is 0. The first-order valence-corrected chi connectivity index (χ1v) is 16.2. The van der Waals surface area contributed by atoms with Gasteiger partial charge in [-0.3, -0.25) is 0 Å². The summed E-state index contributed by atoms with van der Waals surface area (Å²) in [5.41, 5.74) is 11.2. The number of aryl methyl sites for hydroxylation is 8. The standard InChI is InChI=1S/C32H37P.C6H6O2/c1-21-13-9-14-22(2)29(21)33(30-23(3)15-10-16-24(30)4,31-25(5)17-11-18-26(31)6)32-27(7)19-12-20-28(32)8;7-5-2-1-3-6(8)4-5/h9-20,33H,1-8H3;1-4,7-8H. The predicted molar refractivity (Wildman–Crippen MR) is 180 cm³/mol. The van der Waals surface area contributed by atoms with Gasteiger partial charge in [0.25, 0.3) is 0 Å². The first-order chi connectivity index (χ1) is 19.5. The SMILES string of the molecule is Cc1cccc(C)c1[PH](c1c(C)cccc1C)(c1c(C)cccc1C)c1c(C)cccc1C.Oc1cccc(O)c1. The molecule has 0 fully saturated rings. The summed E-state index contributed by atoms with van der Waals surface area (Å²) in [5, 5.41) is 23.5. The normalized spacial score (nSPS) is 11.5. The van der Waals surface area contributed by atoms with E-state index in [1.54, 1.807) is 27.3 Å². The molecule has 5 rings (SSSR count). The second-order valence-electron chi connectivity index (χ2n) is 11.3. The van der Waals surface area contributed by atoms with E-state index in [4.69, 9.17) is 10.2 Å². The molecule has 212 valence electrons. The van der Waals surface area contributed by atoms with Crippen LogP contribution in [0.2, 0.25) is 0 Å². The van der Waals surface area contributed by atoms with Gasteiger partial charge in [0.2, 0.25) is 0 Å². The Kier molecular flexibility index (Phi) is 9.05. The largest absolute Gasteiger partial charge is 0.508 e. The molecule has 0 atom stereocenters. The third-order valence-corrected chi connectivity index (χ3v) is 14.4. The molecule has 0 spiro atoms. The third-order valence-electron chi connectivity index (χ3n) is 8.25. The summed E-state index contributed by atoms with van der Waals surface area (Å²) in [6.07, 6.45) is 0. The van der Waals surface area contributed by atoms with Crippen molar-refractivity contribution in [1.29, 1.82) is 0 Å². The van der Waals surface area contributed by atoms with Crippen molar-refractivity contribution in [3.8, 4) is 11.5 Å². The molecule has 0 unspecified atom stereocenters. The molecule has 0 saturated heterocycles. The van der Waals surface area contributed by atoms with Crippen LogP contribution in [-0.2, 0) is 0 Å². The van der Waals surface area contributed by atoms with Crippen molar-refractivity contribution in [3.05, 3.63) is 142 Å². The van der Waals surface area contributed by atoms with Crippen LogP contribution in [-0.4, -0.2) is 10.2 Å². The Morgan fingerprint density at radius 2 is 0.537 bits per heavy atom. The number of benzene rings is 5. The van der Waals surface area contributed by atoms with Crippen molar-refractivity contribution in [2.45, 2.75) is 55.4 Å². The molecule has 5 aromatic carbocycles. The molecule has 2 nitrogen and oxygen atoms in total. The van der Waals surface area contributed by atoms with Crippen LogP contribution in [0.4, 0.5) is 0 Å². The summed E-state index contributed by atoms with van der Waals surface area (Å²) in [6.45, 7) is 18.5. The summed E-state index contributed by atoms with van der Waals surface area (Å²) in [4.78, 5) is 0. The van der Waals surface area contributed by atoms with E-state index in [9.17, 15) is 0 Å². The zero-order valence-electron chi connectivity index (χ0n) is 25.6. The van der Waals surface area contributed by atoms with Crippen LogP contribution >= 0.6 is 7.26 Å². The van der Waals surface area contributed by atoms with Crippen LogP contribution in [0.15, 0.2) is 97.1 Å². The van der Waals surface area contributed by atoms with Crippen molar-refractivity contribution < 1.29 is 10.2 Å². The number of phenols is 2. The van der Waals surface area contributed by atoms with Crippen LogP contribution < -0.4 is 21.2 Å². The van der Waals surface area contributed by atoms with Gasteiger partial charge in [-0.05, 0) is 12.1 Å². The van der Waals surface area contributed by atoms with Crippen LogP contribution in [0, 0.1) is 55.4 Å². The maximum Gasteiger partial charge on any atom is 0.119 e. The van der Waals surface area contributed by atoms with E-state index < -0.39 is 7.26 Å². The molecule has 0 heterocycles. The maximum absolute atomic E-state index is 8.65. The minimum absolute atomic E-state index is 0.0880. The van der Waals surface area contributed by atoms with Gasteiger partial charge in [0.1, 0.15) is 11.5 Å². The molecule has 41 heavy (non-hydrogen) atoms. The molecule has 3 heteroatoms. The van der Waals surface area contributed by atoms with E-state index in [2.05, 4.69) is 128 Å². The minimum atomic E-state index is -2.66. The summed E-state index contributed by atoms with van der Waals surface area (Å²) in [6, 6.07) is 33.3. The van der Waals surface area contributed by atoms with Crippen LogP contribution in [0.5, 0.6) is 11.5 Å². The molecular weight excluding hydrogens is 519 g/mol. The molecule has 0 radical (unpaired) electrons. The van der Waals surface area contributed by atoms with Gasteiger partial charge < -0.3 is 10.2 Å². The minimum Gasteiger partial charge on any atom is -0.508 e. The van der Waals surface area contributed by atoms with Gasteiger partial charge in [-0.2, -0.15) is 0 Å². The second-order valence-corrected chi connectivity index (χ2v) is 14.8. The molecule has 2 N–H and O–H groups in total. The van der Waals surface area contributed by atoms with Gasteiger partial charge in [0.15, 0.2) is 0 Å². The maximum atomic E-state index is 8.65. The van der Waals surface area contributed by atoms with Crippen molar-refractivity contribution >= 4 is 28.5 Å². The fourth-order valence-corrected chi connectivity index (χ4v) is 13.8. The van der Waals surface area contributed by atoms with E-state index in [1.165, 1.54) is 62.7 Å². The topological polar surface area (TPSA) is 40.5 Å². The summed E-state index contributed by atoms with van der Waals surface area (Å²) < 4.78 is 0. The fraction of sp³-hybridized carbons (Fsp3) is 0.211. The van der Waals surface area contributed by atoms with Crippen molar-refractivity contribution in [3.63, 3.8) is 0 Å².